The van der Waals surface area contributed by atoms with Crippen molar-refractivity contribution < 1.29 is 19.7 Å². The van der Waals surface area contributed by atoms with Gasteiger partial charge in [-0.15, -0.1) is 0 Å². The molecule has 2 aliphatic heterocycles. The third-order valence-corrected chi connectivity index (χ3v) is 6.17. The van der Waals surface area contributed by atoms with Gasteiger partial charge in [-0.2, -0.15) is 0 Å². The van der Waals surface area contributed by atoms with Gasteiger partial charge in [-0.3, -0.25) is 4.79 Å². The summed E-state index contributed by atoms with van der Waals surface area (Å²) < 4.78 is 6.68. The van der Waals surface area contributed by atoms with Crippen molar-refractivity contribution >= 4 is 16.9 Å². The molecule has 1 atom stereocenters. The molecule has 0 spiro atoms. The van der Waals surface area contributed by atoms with E-state index < -0.39 is 11.6 Å². The number of carbonyl (C=O) groups is 1. The lowest BCUT2D eigenvalue weighted by Crippen LogP contribution is -2.44. The highest BCUT2D eigenvalue weighted by Gasteiger charge is 2.45. The van der Waals surface area contributed by atoms with Crippen LogP contribution in [-0.2, 0) is 34.7 Å². The van der Waals surface area contributed by atoms with E-state index in [1.54, 1.807) is 29.7 Å². The molecule has 30 heavy (non-hydrogen) atoms. The SMILES string of the molecule is CCC1(O)C(=O)OCc2c1cc1n(c2=O)Cc2cc3c(CCN)c(O)ccc3nc2-1. The number of benzene rings is 1. The number of cyclic esters (lactones) is 1. The Morgan fingerprint density at radius 3 is 2.83 bits per heavy atom. The lowest BCUT2D eigenvalue weighted by Gasteiger charge is -2.31. The molecule has 2 aliphatic rings. The Bertz CT molecular complexity index is 1300. The molecule has 0 bridgehead atoms. The van der Waals surface area contributed by atoms with Gasteiger partial charge in [-0.05, 0) is 43.7 Å². The summed E-state index contributed by atoms with van der Waals surface area (Å²) >= 11 is 0. The molecule has 1 aromatic carbocycles. The van der Waals surface area contributed by atoms with Crippen LogP contribution in [0.15, 0.2) is 29.1 Å². The number of phenolic OH excluding ortho intramolecular Hbond substituents is 1. The highest BCUT2D eigenvalue weighted by molar-refractivity contribution is 5.89. The summed E-state index contributed by atoms with van der Waals surface area (Å²) in [5, 5.41) is 22.0. The first-order valence-corrected chi connectivity index (χ1v) is 9.90. The molecule has 1 unspecified atom stereocenters. The largest absolute Gasteiger partial charge is 0.508 e. The van der Waals surface area contributed by atoms with Gasteiger partial charge < -0.3 is 25.3 Å². The molecule has 3 aromatic rings. The number of nitrogens with two attached hydrogens (primary N) is 1. The molecule has 0 amide bonds. The summed E-state index contributed by atoms with van der Waals surface area (Å²) in [6, 6.07) is 6.94. The molecule has 8 heteroatoms. The first kappa shape index (κ1) is 18.8. The predicted octanol–water partition coefficient (Wildman–Crippen LogP) is 1.29. The number of nitrogens with zero attached hydrogens (tertiary/aromatic N) is 2. The number of ether oxygens (including phenoxy) is 1. The number of hydrogen-bond acceptors (Lipinski definition) is 7. The monoisotopic (exact) mass is 407 g/mol. The molecule has 0 fully saturated rings. The Balaban J connectivity index is 1.77. The van der Waals surface area contributed by atoms with Crippen LogP contribution in [0.2, 0.25) is 0 Å². The lowest BCUT2D eigenvalue weighted by atomic mass is 9.86. The number of rotatable bonds is 3. The van der Waals surface area contributed by atoms with Crippen molar-refractivity contribution in [3.8, 4) is 17.1 Å². The van der Waals surface area contributed by atoms with E-state index in [2.05, 4.69) is 0 Å². The summed E-state index contributed by atoms with van der Waals surface area (Å²) in [6.07, 6.45) is 0.606. The number of aromatic nitrogens is 2. The van der Waals surface area contributed by atoms with E-state index in [9.17, 15) is 19.8 Å². The van der Waals surface area contributed by atoms with E-state index >= 15 is 0 Å². The van der Waals surface area contributed by atoms with E-state index in [4.69, 9.17) is 15.5 Å². The van der Waals surface area contributed by atoms with Gasteiger partial charge in [-0.1, -0.05) is 6.92 Å². The van der Waals surface area contributed by atoms with Crippen LogP contribution >= 0.6 is 0 Å². The molecule has 154 valence electrons. The van der Waals surface area contributed by atoms with Gasteiger partial charge in [0.2, 0.25) is 0 Å². The second-order valence-electron chi connectivity index (χ2n) is 7.77. The van der Waals surface area contributed by atoms with Gasteiger partial charge >= 0.3 is 5.97 Å². The van der Waals surface area contributed by atoms with E-state index in [1.165, 1.54) is 0 Å². The Kier molecular flexibility index (Phi) is 4.00. The van der Waals surface area contributed by atoms with Crippen LogP contribution in [0.4, 0.5) is 0 Å². The minimum Gasteiger partial charge on any atom is -0.508 e. The maximum atomic E-state index is 13.2. The lowest BCUT2D eigenvalue weighted by molar-refractivity contribution is -0.172. The number of aliphatic hydroxyl groups is 1. The fourth-order valence-electron chi connectivity index (χ4n) is 4.51. The summed E-state index contributed by atoms with van der Waals surface area (Å²) in [5.41, 5.74) is 7.58. The Morgan fingerprint density at radius 2 is 2.10 bits per heavy atom. The molecule has 2 aromatic heterocycles. The van der Waals surface area contributed by atoms with E-state index in [0.717, 1.165) is 16.5 Å². The van der Waals surface area contributed by atoms with Gasteiger partial charge in [0.15, 0.2) is 5.60 Å². The Hall–Kier alpha value is -3.23. The molecule has 0 saturated carbocycles. The second kappa shape index (κ2) is 6.38. The smallest absolute Gasteiger partial charge is 0.343 e. The van der Waals surface area contributed by atoms with Crippen molar-refractivity contribution in [1.29, 1.82) is 0 Å². The average Bonchev–Trinajstić information content (AvgIpc) is 3.10. The molecule has 5 rings (SSSR count). The molecule has 0 saturated heterocycles. The second-order valence-corrected chi connectivity index (χ2v) is 7.77. The summed E-state index contributed by atoms with van der Waals surface area (Å²) in [7, 11) is 0. The van der Waals surface area contributed by atoms with Crippen molar-refractivity contribution in [2.24, 2.45) is 5.73 Å². The van der Waals surface area contributed by atoms with Crippen LogP contribution in [0.5, 0.6) is 5.75 Å². The Labute approximate surface area is 171 Å². The third kappa shape index (κ3) is 2.37. The van der Waals surface area contributed by atoms with Gasteiger partial charge in [0, 0.05) is 22.1 Å². The van der Waals surface area contributed by atoms with Gasteiger partial charge in [0.05, 0.1) is 29.0 Å². The van der Waals surface area contributed by atoms with Crippen molar-refractivity contribution in [2.75, 3.05) is 6.54 Å². The molecule has 8 nitrogen and oxygen atoms in total. The zero-order valence-corrected chi connectivity index (χ0v) is 16.4. The van der Waals surface area contributed by atoms with Crippen molar-refractivity contribution in [1.82, 2.24) is 9.55 Å². The highest BCUT2D eigenvalue weighted by Crippen LogP contribution is 2.39. The summed E-state index contributed by atoms with van der Waals surface area (Å²) in [4.78, 5) is 30.2. The normalized spacial score (nSPS) is 19.4. The average molecular weight is 407 g/mol. The van der Waals surface area contributed by atoms with Crippen molar-refractivity contribution in [2.45, 2.75) is 38.5 Å². The topological polar surface area (TPSA) is 128 Å². The molecular formula is C22H21N3O5. The molecule has 4 N–H and O–H groups in total. The highest BCUT2D eigenvalue weighted by atomic mass is 16.6. The molecular weight excluding hydrogens is 386 g/mol. The predicted molar refractivity (Wildman–Crippen MR) is 109 cm³/mol. The fourth-order valence-corrected chi connectivity index (χ4v) is 4.51. The zero-order chi connectivity index (χ0) is 21.2. The first-order chi connectivity index (χ1) is 14.4. The number of esters is 1. The number of fused-ring (bicyclic) bond motifs is 5. The quantitative estimate of drug-likeness (QED) is 0.437. The van der Waals surface area contributed by atoms with Crippen LogP contribution in [0.1, 0.15) is 35.6 Å². The van der Waals surface area contributed by atoms with Crippen LogP contribution in [-0.4, -0.2) is 32.3 Å². The fraction of sp³-hybridized carbons (Fsp3) is 0.318. The molecule has 0 radical (unpaired) electrons. The van der Waals surface area contributed by atoms with Crippen molar-refractivity contribution in [3.63, 3.8) is 0 Å². The van der Waals surface area contributed by atoms with Gasteiger partial charge in [0.25, 0.3) is 5.56 Å². The van der Waals surface area contributed by atoms with Gasteiger partial charge in [0.1, 0.15) is 12.4 Å². The number of phenols is 1. The number of aromatic hydroxyl groups is 1. The van der Waals surface area contributed by atoms with E-state index in [0.29, 0.717) is 47.5 Å². The van der Waals surface area contributed by atoms with Crippen LogP contribution in [0.25, 0.3) is 22.3 Å². The standard InChI is InChI=1S/C22H21N3O5/c1-2-22(29)15-8-17-19-11(9-25(17)20(27)14(15)10-30-21(22)28)7-13-12(5-6-23)18(26)4-3-16(13)24-19/h3-4,7-8,26,29H,2,5-6,9-10,23H2,1H3. The summed E-state index contributed by atoms with van der Waals surface area (Å²) in [5.74, 6) is -0.574. The minimum atomic E-state index is -1.85. The minimum absolute atomic E-state index is 0.0987. The van der Waals surface area contributed by atoms with Crippen LogP contribution < -0.4 is 11.3 Å². The number of pyridine rings is 2. The number of carbonyl (C=O) groups excluding carboxylic acids is 1. The Morgan fingerprint density at radius 1 is 1.30 bits per heavy atom. The molecule has 4 heterocycles. The van der Waals surface area contributed by atoms with Crippen LogP contribution in [0, 0.1) is 0 Å². The first-order valence-electron chi connectivity index (χ1n) is 9.90. The van der Waals surface area contributed by atoms with Crippen molar-refractivity contribution in [3.05, 3.63) is 56.9 Å². The van der Waals surface area contributed by atoms with E-state index in [-0.39, 0.29) is 24.3 Å². The maximum Gasteiger partial charge on any atom is 0.343 e. The summed E-state index contributed by atoms with van der Waals surface area (Å²) in [6.45, 7) is 2.22. The van der Waals surface area contributed by atoms with Crippen LogP contribution in [0.3, 0.4) is 0 Å². The molecule has 0 aliphatic carbocycles. The maximum absolute atomic E-state index is 13.2. The number of hydrogen-bond donors (Lipinski definition) is 3. The van der Waals surface area contributed by atoms with E-state index in [1.807, 2.05) is 6.07 Å². The third-order valence-electron chi connectivity index (χ3n) is 6.17. The zero-order valence-electron chi connectivity index (χ0n) is 16.4. The van der Waals surface area contributed by atoms with Gasteiger partial charge in [-0.25, -0.2) is 9.78 Å².